The van der Waals surface area contributed by atoms with Crippen molar-refractivity contribution in [3.63, 3.8) is 0 Å². The van der Waals surface area contributed by atoms with Crippen LogP contribution in [0.3, 0.4) is 0 Å². The largest absolute Gasteiger partial charge is 0.508 e. The van der Waals surface area contributed by atoms with Crippen LogP contribution in [0.15, 0.2) is 60.9 Å². The van der Waals surface area contributed by atoms with Crippen LogP contribution in [0, 0.1) is 0 Å². The van der Waals surface area contributed by atoms with Crippen LogP contribution in [0.1, 0.15) is 26.3 Å². The Hall–Kier alpha value is -2.52. The third-order valence-corrected chi connectivity index (χ3v) is 4.69. The number of aromatic nitrogens is 1. The molecule has 1 N–H and O–H groups in total. The molecule has 0 radical (unpaired) electrons. The summed E-state index contributed by atoms with van der Waals surface area (Å²) in [6.45, 7) is 7.58. The average Bonchev–Trinajstić information content (AvgIpc) is 2.96. The first-order valence-electron chi connectivity index (χ1n) is 9.43. The minimum atomic E-state index is 0.141. The summed E-state index contributed by atoms with van der Waals surface area (Å²) in [5.74, 6) is 0.292. The second kappa shape index (κ2) is 6.90. The van der Waals surface area contributed by atoms with Crippen LogP contribution in [0.4, 0.5) is 0 Å². The van der Waals surface area contributed by atoms with Crippen LogP contribution in [-0.2, 0) is 12.1 Å². The summed E-state index contributed by atoms with van der Waals surface area (Å²) < 4.78 is 3.09. The minimum Gasteiger partial charge on any atom is -0.508 e. The monoisotopic (exact) mass is 363 g/mol. The molecule has 1 aromatic heterocycles. The standard InChI is InChI=1S/C24H30N2O/c1-24(2,3)20-12-10-18(11-13-20)22-15-25(17-26(4,5)6)16-23(22)19-8-7-9-21(27)14-19/h7-16H,17H2,1-6H3/p+1. The van der Waals surface area contributed by atoms with Crippen molar-refractivity contribution in [1.82, 2.24) is 4.57 Å². The SMILES string of the molecule is CC(C)(C)c1ccc(-c2cn(C[N+](C)(C)C)cc2-c2cccc(O)c2)cc1. The van der Waals surface area contributed by atoms with Gasteiger partial charge in [-0.2, -0.15) is 0 Å². The van der Waals surface area contributed by atoms with Gasteiger partial charge in [-0.1, -0.05) is 57.2 Å². The highest BCUT2D eigenvalue weighted by atomic mass is 16.3. The van der Waals surface area contributed by atoms with Crippen molar-refractivity contribution >= 4 is 0 Å². The van der Waals surface area contributed by atoms with E-state index >= 15 is 0 Å². The van der Waals surface area contributed by atoms with Gasteiger partial charge >= 0.3 is 0 Å². The third-order valence-electron chi connectivity index (χ3n) is 4.69. The first-order valence-corrected chi connectivity index (χ1v) is 9.43. The molecule has 27 heavy (non-hydrogen) atoms. The van der Waals surface area contributed by atoms with E-state index in [4.69, 9.17) is 0 Å². The van der Waals surface area contributed by atoms with Crippen molar-refractivity contribution in [2.45, 2.75) is 32.9 Å². The van der Waals surface area contributed by atoms with Gasteiger partial charge in [0.05, 0.1) is 21.1 Å². The summed E-state index contributed by atoms with van der Waals surface area (Å²) in [4.78, 5) is 0. The van der Waals surface area contributed by atoms with E-state index < -0.39 is 0 Å². The molecule has 0 bridgehead atoms. The van der Waals surface area contributed by atoms with Crippen LogP contribution in [-0.4, -0.2) is 35.3 Å². The van der Waals surface area contributed by atoms with E-state index in [2.05, 4.69) is 89.2 Å². The van der Waals surface area contributed by atoms with Crippen molar-refractivity contribution in [3.8, 4) is 28.0 Å². The fraction of sp³-hybridized carbons (Fsp3) is 0.333. The zero-order valence-corrected chi connectivity index (χ0v) is 17.3. The lowest BCUT2D eigenvalue weighted by molar-refractivity contribution is -0.893. The zero-order chi connectivity index (χ0) is 19.8. The number of nitrogens with zero attached hydrogens (tertiary/aromatic N) is 2. The Morgan fingerprint density at radius 1 is 0.852 bits per heavy atom. The van der Waals surface area contributed by atoms with Gasteiger partial charge in [-0.15, -0.1) is 0 Å². The van der Waals surface area contributed by atoms with Crippen LogP contribution < -0.4 is 0 Å². The molecular formula is C24H31N2O+. The van der Waals surface area contributed by atoms with Crippen molar-refractivity contribution < 1.29 is 9.59 Å². The number of phenols is 1. The van der Waals surface area contributed by atoms with E-state index in [1.54, 1.807) is 6.07 Å². The number of hydrogen-bond acceptors (Lipinski definition) is 1. The number of benzene rings is 2. The summed E-state index contributed by atoms with van der Waals surface area (Å²) in [7, 11) is 6.56. The topological polar surface area (TPSA) is 25.2 Å². The lowest BCUT2D eigenvalue weighted by Crippen LogP contribution is -2.35. The maximum atomic E-state index is 9.95. The molecular weight excluding hydrogens is 332 g/mol. The molecule has 3 aromatic rings. The molecule has 0 fully saturated rings. The van der Waals surface area contributed by atoms with E-state index in [1.165, 1.54) is 16.7 Å². The van der Waals surface area contributed by atoms with Gasteiger partial charge < -0.3 is 14.2 Å². The van der Waals surface area contributed by atoms with Crippen LogP contribution in [0.5, 0.6) is 5.75 Å². The summed E-state index contributed by atoms with van der Waals surface area (Å²) in [5, 5.41) is 9.95. The highest BCUT2D eigenvalue weighted by Crippen LogP contribution is 2.35. The van der Waals surface area contributed by atoms with Crippen LogP contribution in [0.2, 0.25) is 0 Å². The zero-order valence-electron chi connectivity index (χ0n) is 17.3. The van der Waals surface area contributed by atoms with Crippen LogP contribution >= 0.6 is 0 Å². The highest BCUT2D eigenvalue weighted by molar-refractivity contribution is 5.83. The van der Waals surface area contributed by atoms with Gasteiger partial charge in [0.1, 0.15) is 5.75 Å². The van der Waals surface area contributed by atoms with Gasteiger partial charge in [0.15, 0.2) is 6.67 Å². The first kappa shape index (κ1) is 19.2. The summed E-state index contributed by atoms with van der Waals surface area (Å²) in [6, 6.07) is 16.4. The van der Waals surface area contributed by atoms with Gasteiger partial charge in [-0.3, -0.25) is 0 Å². The molecule has 3 nitrogen and oxygen atoms in total. The normalized spacial score (nSPS) is 12.4. The molecule has 0 aliphatic heterocycles. The number of aromatic hydroxyl groups is 1. The molecule has 2 aromatic carbocycles. The Labute approximate surface area is 163 Å². The molecule has 1 heterocycles. The molecule has 0 atom stereocenters. The second-order valence-electron chi connectivity index (χ2n) is 9.41. The van der Waals surface area contributed by atoms with Gasteiger partial charge in [-0.25, -0.2) is 0 Å². The molecule has 3 rings (SSSR count). The fourth-order valence-corrected chi connectivity index (χ4v) is 3.36. The van der Waals surface area contributed by atoms with E-state index in [-0.39, 0.29) is 5.41 Å². The van der Waals surface area contributed by atoms with E-state index in [1.807, 2.05) is 12.1 Å². The predicted molar refractivity (Wildman–Crippen MR) is 114 cm³/mol. The number of quaternary nitrogens is 1. The number of rotatable bonds is 4. The van der Waals surface area contributed by atoms with Crippen molar-refractivity contribution in [1.29, 1.82) is 0 Å². The number of phenolic OH excluding ortho intramolecular Hbond substituents is 1. The van der Waals surface area contributed by atoms with Gasteiger partial charge in [0, 0.05) is 23.5 Å². The Morgan fingerprint density at radius 2 is 1.44 bits per heavy atom. The minimum absolute atomic E-state index is 0.141. The molecule has 0 aliphatic rings. The Bertz CT molecular complexity index is 922. The first-order chi connectivity index (χ1) is 12.5. The fourth-order valence-electron chi connectivity index (χ4n) is 3.36. The second-order valence-corrected chi connectivity index (χ2v) is 9.41. The number of hydrogen-bond donors (Lipinski definition) is 1. The average molecular weight is 364 g/mol. The smallest absolute Gasteiger partial charge is 0.157 e. The lowest BCUT2D eigenvalue weighted by atomic mass is 9.86. The maximum absolute atomic E-state index is 9.95. The van der Waals surface area contributed by atoms with E-state index in [0.29, 0.717) is 5.75 Å². The van der Waals surface area contributed by atoms with Crippen molar-refractivity contribution in [2.24, 2.45) is 0 Å². The Kier molecular flexibility index (Phi) is 4.92. The Morgan fingerprint density at radius 3 is 1.96 bits per heavy atom. The molecule has 0 saturated heterocycles. The van der Waals surface area contributed by atoms with Gasteiger partial charge in [0.25, 0.3) is 0 Å². The van der Waals surface area contributed by atoms with Crippen LogP contribution in [0.25, 0.3) is 22.3 Å². The van der Waals surface area contributed by atoms with E-state index in [9.17, 15) is 5.11 Å². The third kappa shape index (κ3) is 4.61. The van der Waals surface area contributed by atoms with Crippen molar-refractivity contribution in [2.75, 3.05) is 21.1 Å². The molecule has 0 spiro atoms. The molecule has 3 heteroatoms. The summed E-state index contributed by atoms with van der Waals surface area (Å²) in [6.07, 6.45) is 4.40. The molecule has 0 aliphatic carbocycles. The maximum Gasteiger partial charge on any atom is 0.157 e. The highest BCUT2D eigenvalue weighted by Gasteiger charge is 2.17. The van der Waals surface area contributed by atoms with E-state index in [0.717, 1.165) is 22.3 Å². The summed E-state index contributed by atoms with van der Waals surface area (Å²) >= 11 is 0. The Balaban J connectivity index is 2.10. The molecule has 142 valence electrons. The molecule has 0 amide bonds. The molecule has 0 unspecified atom stereocenters. The quantitative estimate of drug-likeness (QED) is 0.609. The lowest BCUT2D eigenvalue weighted by Gasteiger charge is -2.24. The summed E-state index contributed by atoms with van der Waals surface area (Å²) in [5.41, 5.74) is 6.03. The van der Waals surface area contributed by atoms with Gasteiger partial charge in [0.2, 0.25) is 0 Å². The predicted octanol–water partition coefficient (Wildman–Crippen LogP) is 5.49. The van der Waals surface area contributed by atoms with Gasteiger partial charge in [-0.05, 0) is 34.2 Å². The van der Waals surface area contributed by atoms with Crippen molar-refractivity contribution in [3.05, 3.63) is 66.5 Å². The molecule has 0 saturated carbocycles.